The highest BCUT2D eigenvalue weighted by atomic mass is 19.4. The molecule has 2 aromatic carbocycles. The summed E-state index contributed by atoms with van der Waals surface area (Å²) in [6, 6.07) is 15.9. The summed E-state index contributed by atoms with van der Waals surface area (Å²) in [7, 11) is 0. The first-order valence-electron chi connectivity index (χ1n) is 16.4. The van der Waals surface area contributed by atoms with Gasteiger partial charge in [-0.2, -0.15) is 13.2 Å². The van der Waals surface area contributed by atoms with Crippen molar-refractivity contribution >= 4 is 40.4 Å². The summed E-state index contributed by atoms with van der Waals surface area (Å²) >= 11 is 0. The number of carbonyl (C=O) groups is 3. The zero-order valence-corrected chi connectivity index (χ0v) is 27.7. The zero-order chi connectivity index (χ0) is 35.2. The lowest BCUT2D eigenvalue weighted by Gasteiger charge is -2.47. The van der Waals surface area contributed by atoms with E-state index in [2.05, 4.69) is 26.6 Å². The number of rotatable bonds is 7. The van der Waals surface area contributed by atoms with E-state index in [1.165, 1.54) is 18.5 Å². The minimum absolute atomic E-state index is 0.0536. The quantitative estimate of drug-likeness (QED) is 0.273. The largest absolute Gasteiger partial charge is 0.404 e. The number of benzene rings is 2. The summed E-state index contributed by atoms with van der Waals surface area (Å²) in [5, 5.41) is 0. The van der Waals surface area contributed by atoms with Crippen molar-refractivity contribution in [1.82, 2.24) is 9.88 Å². The van der Waals surface area contributed by atoms with E-state index in [0.717, 1.165) is 87.3 Å². The molecule has 6 rings (SSSR count). The van der Waals surface area contributed by atoms with Gasteiger partial charge in [0.1, 0.15) is 5.41 Å². The van der Waals surface area contributed by atoms with Crippen LogP contribution < -0.4 is 26.2 Å². The Morgan fingerprint density at radius 3 is 2.27 bits per heavy atom. The van der Waals surface area contributed by atoms with Crippen molar-refractivity contribution in [2.75, 3.05) is 47.4 Å². The van der Waals surface area contributed by atoms with Crippen LogP contribution in [0, 0.1) is 0 Å². The van der Waals surface area contributed by atoms with E-state index >= 15 is 0 Å². The third kappa shape index (κ3) is 6.11. The number of alkyl halides is 3. The first-order valence-corrected chi connectivity index (χ1v) is 16.4. The van der Waals surface area contributed by atoms with E-state index in [1.807, 2.05) is 30.3 Å². The Bertz CT molecular complexity index is 1820. The van der Waals surface area contributed by atoms with E-state index < -0.39 is 29.3 Å². The van der Waals surface area contributed by atoms with Crippen LogP contribution in [0.1, 0.15) is 65.6 Å². The molecule has 0 saturated carbocycles. The van der Waals surface area contributed by atoms with Crippen LogP contribution in [0.15, 0.2) is 67.0 Å². The van der Waals surface area contributed by atoms with Crippen LogP contribution in [-0.4, -0.2) is 78.6 Å². The van der Waals surface area contributed by atoms with Crippen molar-refractivity contribution in [3.63, 3.8) is 0 Å². The average molecular weight is 676 g/mol. The highest BCUT2D eigenvalue weighted by Crippen LogP contribution is 2.41. The van der Waals surface area contributed by atoms with Crippen LogP contribution in [-0.2, 0) is 10.2 Å². The summed E-state index contributed by atoms with van der Waals surface area (Å²) in [5.41, 5.74) is 12.1. The third-order valence-corrected chi connectivity index (χ3v) is 10.2. The Balaban J connectivity index is 1.11. The van der Waals surface area contributed by atoms with E-state index in [0.29, 0.717) is 11.6 Å². The van der Waals surface area contributed by atoms with Gasteiger partial charge in [0.15, 0.2) is 0 Å². The van der Waals surface area contributed by atoms with Gasteiger partial charge in [0.2, 0.25) is 0 Å². The predicted molar refractivity (Wildman–Crippen MR) is 182 cm³/mol. The number of nitrogens with zero attached hydrogens (tertiary/aromatic N) is 5. The van der Waals surface area contributed by atoms with Gasteiger partial charge in [-0.05, 0) is 70.0 Å². The molecule has 2 fully saturated rings. The second-order valence-electron chi connectivity index (χ2n) is 13.4. The lowest BCUT2D eigenvalue weighted by Crippen LogP contribution is -2.57. The van der Waals surface area contributed by atoms with Crippen molar-refractivity contribution in [3.05, 3.63) is 89.4 Å². The van der Waals surface area contributed by atoms with Gasteiger partial charge in [-0.1, -0.05) is 18.2 Å². The molecule has 1 aromatic heterocycles. The molecule has 3 aromatic rings. The first-order chi connectivity index (χ1) is 23.2. The Morgan fingerprint density at radius 2 is 1.61 bits per heavy atom. The van der Waals surface area contributed by atoms with Crippen molar-refractivity contribution in [2.24, 2.45) is 11.5 Å². The molecule has 4 N–H and O–H groups in total. The van der Waals surface area contributed by atoms with E-state index in [4.69, 9.17) is 11.5 Å². The second-order valence-corrected chi connectivity index (χ2v) is 13.4. The zero-order valence-electron chi connectivity index (χ0n) is 27.7. The number of fused-ring (bicyclic) bond motifs is 1. The lowest BCUT2D eigenvalue weighted by molar-refractivity contribution is -0.181. The van der Waals surface area contributed by atoms with Crippen LogP contribution in [0.25, 0.3) is 5.57 Å². The molecule has 4 heterocycles. The minimum atomic E-state index is -4.57. The molecule has 3 aliphatic heterocycles. The van der Waals surface area contributed by atoms with Crippen molar-refractivity contribution < 1.29 is 27.6 Å². The van der Waals surface area contributed by atoms with Crippen molar-refractivity contribution in [2.45, 2.75) is 57.3 Å². The van der Waals surface area contributed by atoms with Crippen LogP contribution in [0.3, 0.4) is 0 Å². The monoisotopic (exact) mass is 675 g/mol. The van der Waals surface area contributed by atoms with Crippen LogP contribution in [0.2, 0.25) is 0 Å². The number of halogens is 3. The Kier molecular flexibility index (Phi) is 8.91. The van der Waals surface area contributed by atoms with E-state index in [-0.39, 0.29) is 28.6 Å². The fourth-order valence-corrected chi connectivity index (χ4v) is 7.13. The number of nitrogens with two attached hydrogens (primary N) is 2. The molecule has 10 nitrogen and oxygen atoms in total. The highest BCUT2D eigenvalue weighted by Gasteiger charge is 2.50. The van der Waals surface area contributed by atoms with Crippen molar-refractivity contribution in [1.29, 1.82) is 0 Å². The average Bonchev–Trinajstić information content (AvgIpc) is 3.33. The molecular weight excluding hydrogens is 635 g/mol. The van der Waals surface area contributed by atoms with Gasteiger partial charge in [0.05, 0.1) is 28.1 Å². The maximum Gasteiger partial charge on any atom is 0.399 e. The molecule has 49 heavy (non-hydrogen) atoms. The molecule has 3 amide bonds. The highest BCUT2D eigenvalue weighted by molar-refractivity contribution is 6.34. The number of hydrogen-bond acceptors (Lipinski definition) is 8. The Morgan fingerprint density at radius 1 is 0.918 bits per heavy atom. The Labute approximate surface area is 283 Å². The van der Waals surface area contributed by atoms with Gasteiger partial charge in [0.25, 0.3) is 17.7 Å². The number of pyridine rings is 1. The standard InChI is InChI=1S/C36H40F3N7O3/c1-22-21-44(16-17-45(22)30-7-5-4-6-26(30)29(20-40)32(41)47)23-11-14-43(15-12-23)24-8-9-27-28(18-24)34(49)46(33(27)48)25-10-13-42-31(19-25)35(2,3)36(37,38)39/h4-10,13,18-20,22-23H,11-12,14-17,21,40H2,1-3H3,(H2,41,47). The fourth-order valence-electron chi connectivity index (χ4n) is 7.13. The van der Waals surface area contributed by atoms with Gasteiger partial charge in [-0.3, -0.25) is 24.3 Å². The van der Waals surface area contributed by atoms with E-state index in [9.17, 15) is 27.6 Å². The second kappa shape index (κ2) is 12.8. The summed E-state index contributed by atoms with van der Waals surface area (Å²) in [6.45, 7) is 8.20. The number of piperazine rings is 1. The normalized spacial score (nSPS) is 19.8. The number of amides is 3. The van der Waals surface area contributed by atoms with Gasteiger partial charge < -0.3 is 21.3 Å². The van der Waals surface area contributed by atoms with Crippen molar-refractivity contribution in [3.8, 4) is 0 Å². The number of carbonyl (C=O) groups excluding carboxylic acids is 3. The number of para-hydroxylation sites is 1. The molecule has 0 spiro atoms. The number of imide groups is 1. The van der Waals surface area contributed by atoms with Gasteiger partial charge >= 0.3 is 6.18 Å². The Hall–Kier alpha value is -4.91. The molecule has 2 saturated heterocycles. The summed E-state index contributed by atoms with van der Waals surface area (Å²) < 4.78 is 41.1. The van der Waals surface area contributed by atoms with Crippen LogP contribution >= 0.6 is 0 Å². The summed E-state index contributed by atoms with van der Waals surface area (Å²) in [6.07, 6.45) is -0.289. The maximum absolute atomic E-state index is 13.7. The number of piperidine rings is 1. The SMILES string of the molecule is CC1CN(C2CCN(c3ccc4c(c3)C(=O)N(c3ccnc(C(C)(C)C(F)(F)F)c3)C4=O)CC2)CCN1c1ccccc1C(=CN)C(N)=O. The third-order valence-electron chi connectivity index (χ3n) is 10.2. The fraction of sp³-hybridized carbons (Fsp3) is 0.389. The van der Waals surface area contributed by atoms with Gasteiger partial charge in [-0.15, -0.1) is 0 Å². The lowest BCUT2D eigenvalue weighted by atomic mass is 9.88. The molecule has 3 aliphatic rings. The van der Waals surface area contributed by atoms with Gasteiger partial charge in [-0.25, -0.2) is 4.90 Å². The molecular formula is C36H40F3N7O3. The van der Waals surface area contributed by atoms with E-state index in [1.54, 1.807) is 12.1 Å². The van der Waals surface area contributed by atoms with Crippen LogP contribution in [0.5, 0.6) is 0 Å². The number of primary amides is 1. The van der Waals surface area contributed by atoms with Gasteiger partial charge in [0, 0.05) is 74.1 Å². The first kappa shape index (κ1) is 34.0. The molecule has 0 aliphatic carbocycles. The molecule has 0 radical (unpaired) electrons. The molecule has 1 atom stereocenters. The molecule has 258 valence electrons. The smallest absolute Gasteiger partial charge is 0.399 e. The number of hydrogen-bond donors (Lipinski definition) is 2. The topological polar surface area (TPSA) is 129 Å². The summed E-state index contributed by atoms with van der Waals surface area (Å²) in [5.74, 6) is -1.72. The number of anilines is 3. The molecule has 13 heteroatoms. The number of aromatic nitrogens is 1. The molecule has 0 bridgehead atoms. The minimum Gasteiger partial charge on any atom is -0.404 e. The predicted octanol–water partition coefficient (Wildman–Crippen LogP) is 4.69. The summed E-state index contributed by atoms with van der Waals surface area (Å²) in [4.78, 5) is 50.7. The molecule has 1 unspecified atom stereocenters. The maximum atomic E-state index is 13.7. The van der Waals surface area contributed by atoms with Crippen LogP contribution in [0.4, 0.5) is 30.2 Å².